The second kappa shape index (κ2) is 8.22. The Balaban J connectivity index is 1.51. The lowest BCUT2D eigenvalue weighted by atomic mass is 10.1. The van der Waals surface area contributed by atoms with Crippen LogP contribution in [0.4, 0.5) is 19.0 Å². The van der Waals surface area contributed by atoms with E-state index in [1.165, 1.54) is 4.90 Å². The molecule has 0 aromatic carbocycles. The van der Waals surface area contributed by atoms with Crippen molar-refractivity contribution in [1.82, 2.24) is 24.5 Å². The Hall–Kier alpha value is -3.68. The predicted molar refractivity (Wildman–Crippen MR) is 105 cm³/mol. The summed E-state index contributed by atoms with van der Waals surface area (Å²) in [5.41, 5.74) is 1.80. The molecule has 0 spiro atoms. The van der Waals surface area contributed by atoms with Gasteiger partial charge in [-0.15, -0.1) is 0 Å². The highest BCUT2D eigenvalue weighted by Gasteiger charge is 2.35. The molecule has 160 valence electrons. The van der Waals surface area contributed by atoms with Crippen molar-refractivity contribution in [1.29, 1.82) is 5.26 Å². The molecule has 1 atom stereocenters. The third-order valence-corrected chi connectivity index (χ3v) is 5.02. The average molecular weight is 429 g/mol. The summed E-state index contributed by atoms with van der Waals surface area (Å²) in [4.78, 5) is 21.9. The number of nitrogens with zero attached hydrogens (tertiary/aromatic N) is 6. The number of likely N-dealkylation sites (tertiary alicyclic amines) is 1. The van der Waals surface area contributed by atoms with Crippen LogP contribution in [0, 0.1) is 11.3 Å². The number of nitrogens with one attached hydrogen (secondary N) is 1. The van der Waals surface area contributed by atoms with E-state index in [-0.39, 0.29) is 12.6 Å². The number of piperidine rings is 1. The van der Waals surface area contributed by atoms with Gasteiger partial charge in [0.05, 0.1) is 28.9 Å². The maximum Gasteiger partial charge on any atom is 0.397 e. The molecule has 0 saturated carbocycles. The second-order valence-corrected chi connectivity index (χ2v) is 7.30. The Morgan fingerprint density at radius 2 is 2.19 bits per heavy atom. The van der Waals surface area contributed by atoms with Gasteiger partial charge < -0.3 is 10.2 Å². The van der Waals surface area contributed by atoms with Crippen molar-refractivity contribution in [2.24, 2.45) is 0 Å². The highest BCUT2D eigenvalue weighted by molar-refractivity contribution is 5.77. The highest BCUT2D eigenvalue weighted by atomic mass is 19.4. The fourth-order valence-corrected chi connectivity index (χ4v) is 3.61. The van der Waals surface area contributed by atoms with Crippen molar-refractivity contribution in [3.8, 4) is 17.5 Å². The molecule has 0 unspecified atom stereocenters. The van der Waals surface area contributed by atoms with Crippen molar-refractivity contribution in [3.63, 3.8) is 0 Å². The van der Waals surface area contributed by atoms with Crippen molar-refractivity contribution in [3.05, 3.63) is 42.4 Å². The van der Waals surface area contributed by atoms with Crippen LogP contribution in [0.5, 0.6) is 0 Å². The van der Waals surface area contributed by atoms with Gasteiger partial charge in [-0.2, -0.15) is 23.5 Å². The van der Waals surface area contributed by atoms with Crippen LogP contribution in [0.3, 0.4) is 0 Å². The first-order valence-corrected chi connectivity index (χ1v) is 9.64. The normalized spacial score (nSPS) is 16.8. The Labute approximate surface area is 175 Å². The van der Waals surface area contributed by atoms with Gasteiger partial charge in [0.25, 0.3) is 0 Å². The first kappa shape index (κ1) is 20.6. The molecule has 0 bridgehead atoms. The molecule has 1 N–H and O–H groups in total. The van der Waals surface area contributed by atoms with Gasteiger partial charge in [0.2, 0.25) is 5.91 Å². The van der Waals surface area contributed by atoms with E-state index in [1.54, 1.807) is 41.3 Å². The van der Waals surface area contributed by atoms with E-state index in [0.717, 1.165) is 0 Å². The minimum Gasteiger partial charge on any atom is -0.365 e. The van der Waals surface area contributed by atoms with Gasteiger partial charge >= 0.3 is 6.18 Å². The fourth-order valence-electron chi connectivity index (χ4n) is 3.61. The van der Waals surface area contributed by atoms with Gasteiger partial charge in [0, 0.05) is 31.5 Å². The van der Waals surface area contributed by atoms with E-state index in [9.17, 15) is 18.0 Å². The third kappa shape index (κ3) is 4.74. The van der Waals surface area contributed by atoms with E-state index >= 15 is 0 Å². The first-order valence-electron chi connectivity index (χ1n) is 9.64. The smallest absolute Gasteiger partial charge is 0.365 e. The molecule has 1 aliphatic rings. The lowest BCUT2D eigenvalue weighted by Crippen LogP contribution is -2.46. The molecule has 8 nitrogen and oxygen atoms in total. The quantitative estimate of drug-likeness (QED) is 0.685. The van der Waals surface area contributed by atoms with Crippen LogP contribution < -0.4 is 5.32 Å². The van der Waals surface area contributed by atoms with Gasteiger partial charge in [-0.3, -0.25) is 4.79 Å². The number of pyridine rings is 1. The molecule has 1 fully saturated rings. The zero-order valence-electron chi connectivity index (χ0n) is 16.3. The summed E-state index contributed by atoms with van der Waals surface area (Å²) in [5.74, 6) is -0.0196. The number of fused-ring (bicyclic) bond motifs is 1. The standard InChI is InChI=1S/C20H18F3N7O/c21-20(22,23)9-18(31)29-6-1-2-14(12-29)27-17-3-5-25-19(28-17)15-11-26-30-7-4-13(10-24)8-16(15)30/h3-5,7-8,11,14H,1-2,6,9,12H2,(H,25,27,28)/t14-/m1/s1. The molecule has 0 aliphatic carbocycles. The molecule has 31 heavy (non-hydrogen) atoms. The van der Waals surface area contributed by atoms with Crippen LogP contribution in [-0.4, -0.2) is 55.7 Å². The van der Waals surface area contributed by atoms with E-state index in [2.05, 4.69) is 26.5 Å². The molecule has 3 aromatic rings. The number of hydrogen-bond acceptors (Lipinski definition) is 6. The van der Waals surface area contributed by atoms with Crippen LogP contribution in [0.1, 0.15) is 24.8 Å². The molecule has 3 aromatic heterocycles. The van der Waals surface area contributed by atoms with Crippen LogP contribution in [-0.2, 0) is 4.79 Å². The summed E-state index contributed by atoms with van der Waals surface area (Å²) in [6.07, 6.45) is 0.191. The molecule has 1 saturated heterocycles. The Bertz CT molecular complexity index is 1150. The van der Waals surface area contributed by atoms with Crippen LogP contribution in [0.2, 0.25) is 0 Å². The summed E-state index contributed by atoms with van der Waals surface area (Å²) < 4.78 is 39.2. The molecular weight excluding hydrogens is 411 g/mol. The molecule has 4 rings (SSSR count). The van der Waals surface area contributed by atoms with Gasteiger partial charge in [-0.1, -0.05) is 0 Å². The monoisotopic (exact) mass is 429 g/mol. The topological polar surface area (TPSA) is 99.2 Å². The first-order chi connectivity index (χ1) is 14.8. The summed E-state index contributed by atoms with van der Waals surface area (Å²) in [6, 6.07) is 6.86. The number of alkyl halides is 3. The molecule has 4 heterocycles. The molecular formula is C20H18F3N7O. The van der Waals surface area contributed by atoms with E-state index in [4.69, 9.17) is 5.26 Å². The summed E-state index contributed by atoms with van der Waals surface area (Å²) in [6.45, 7) is 0.488. The molecule has 1 amide bonds. The number of hydrogen-bond donors (Lipinski definition) is 1. The van der Waals surface area contributed by atoms with E-state index in [0.29, 0.717) is 47.7 Å². The number of carbonyl (C=O) groups is 1. The van der Waals surface area contributed by atoms with Crippen LogP contribution >= 0.6 is 0 Å². The third-order valence-electron chi connectivity index (χ3n) is 5.02. The van der Waals surface area contributed by atoms with Gasteiger partial charge in [0.15, 0.2) is 5.82 Å². The SMILES string of the molecule is N#Cc1ccn2ncc(-c3nccc(N[C@@H]4CCCN(C(=O)CC(F)(F)F)C4)n3)c2c1. The average Bonchev–Trinajstić information content (AvgIpc) is 3.16. The number of nitriles is 1. The Kier molecular flexibility index (Phi) is 5.46. The zero-order chi connectivity index (χ0) is 22.0. The van der Waals surface area contributed by atoms with Crippen LogP contribution in [0.15, 0.2) is 36.8 Å². The van der Waals surface area contributed by atoms with Gasteiger partial charge in [-0.05, 0) is 31.0 Å². The zero-order valence-corrected chi connectivity index (χ0v) is 16.3. The summed E-state index contributed by atoms with van der Waals surface area (Å²) in [5, 5.41) is 16.6. The largest absolute Gasteiger partial charge is 0.397 e. The molecule has 0 radical (unpaired) electrons. The van der Waals surface area contributed by atoms with Crippen molar-refractivity contribution < 1.29 is 18.0 Å². The van der Waals surface area contributed by atoms with Gasteiger partial charge in [0.1, 0.15) is 12.2 Å². The number of aromatic nitrogens is 4. The number of anilines is 1. The maximum atomic E-state index is 12.5. The number of amides is 1. The lowest BCUT2D eigenvalue weighted by molar-refractivity contribution is -0.162. The van der Waals surface area contributed by atoms with Gasteiger partial charge in [-0.25, -0.2) is 14.5 Å². The van der Waals surface area contributed by atoms with Crippen molar-refractivity contribution in [2.75, 3.05) is 18.4 Å². The van der Waals surface area contributed by atoms with Crippen molar-refractivity contribution >= 4 is 17.2 Å². The van der Waals surface area contributed by atoms with Crippen LogP contribution in [0.25, 0.3) is 16.9 Å². The fraction of sp³-hybridized carbons (Fsp3) is 0.350. The summed E-state index contributed by atoms with van der Waals surface area (Å²) >= 11 is 0. The van der Waals surface area contributed by atoms with Crippen molar-refractivity contribution in [2.45, 2.75) is 31.5 Å². The molecule has 1 aliphatic heterocycles. The summed E-state index contributed by atoms with van der Waals surface area (Å²) in [7, 11) is 0. The predicted octanol–water partition coefficient (Wildman–Crippen LogP) is 3.02. The Morgan fingerprint density at radius 1 is 1.35 bits per heavy atom. The maximum absolute atomic E-state index is 12.5. The molecule has 11 heteroatoms. The Morgan fingerprint density at radius 3 is 2.97 bits per heavy atom. The van der Waals surface area contributed by atoms with E-state index < -0.39 is 18.5 Å². The minimum atomic E-state index is -4.52. The highest BCUT2D eigenvalue weighted by Crippen LogP contribution is 2.25. The number of rotatable bonds is 4. The number of halogens is 3. The minimum absolute atomic E-state index is 0.177. The second-order valence-electron chi connectivity index (χ2n) is 7.30. The van der Waals surface area contributed by atoms with E-state index in [1.807, 2.05) is 0 Å². The lowest BCUT2D eigenvalue weighted by Gasteiger charge is -2.33. The number of carbonyl (C=O) groups excluding carboxylic acids is 1.